The predicted octanol–water partition coefficient (Wildman–Crippen LogP) is 3.77. The number of carbonyl (C=O) groups excluding carboxylic acids is 1. The van der Waals surface area contributed by atoms with E-state index in [1.165, 1.54) is 18.6 Å². The highest BCUT2D eigenvalue weighted by atomic mass is 35.5. The van der Waals surface area contributed by atoms with Crippen LogP contribution in [0.4, 0.5) is 4.39 Å². The molecule has 1 aromatic carbocycles. The first-order chi connectivity index (χ1) is 12.5. The summed E-state index contributed by atoms with van der Waals surface area (Å²) in [5, 5.41) is 10.7. The topological polar surface area (TPSA) is 77.3 Å². The molecule has 1 N–H and O–H groups in total. The SMILES string of the molecule is C=C(CCc1nnc(C2CCC2)o1)NC(=O)COc1ccc(Cl)c(F)c1. The zero-order valence-electron chi connectivity index (χ0n) is 14.1. The molecular formula is C18H19ClFN3O3. The molecule has 6 nitrogen and oxygen atoms in total. The monoisotopic (exact) mass is 379 g/mol. The van der Waals surface area contributed by atoms with Crippen molar-refractivity contribution >= 4 is 17.5 Å². The van der Waals surface area contributed by atoms with E-state index in [4.69, 9.17) is 20.8 Å². The average molecular weight is 380 g/mol. The number of rotatable bonds is 8. The van der Waals surface area contributed by atoms with Crippen LogP contribution in [0.2, 0.25) is 5.02 Å². The molecule has 138 valence electrons. The number of hydrogen-bond acceptors (Lipinski definition) is 5. The molecule has 1 amide bonds. The standard InChI is InChI=1S/C18H19ClFN3O3/c1-11(5-8-17-22-23-18(26-17)12-3-2-4-12)21-16(24)10-25-13-6-7-14(19)15(20)9-13/h6-7,9,12H,1-5,8,10H2,(H,21,24). The van der Waals surface area contributed by atoms with Crippen molar-refractivity contribution < 1.29 is 18.3 Å². The molecule has 0 aliphatic heterocycles. The second-order valence-electron chi connectivity index (χ2n) is 6.18. The van der Waals surface area contributed by atoms with Gasteiger partial charge in [0.2, 0.25) is 11.8 Å². The third-order valence-corrected chi connectivity index (χ3v) is 4.46. The van der Waals surface area contributed by atoms with Gasteiger partial charge in [0.25, 0.3) is 5.91 Å². The molecule has 3 rings (SSSR count). The third-order valence-electron chi connectivity index (χ3n) is 4.15. The Kier molecular flexibility index (Phi) is 5.88. The molecule has 1 heterocycles. The molecule has 26 heavy (non-hydrogen) atoms. The van der Waals surface area contributed by atoms with Gasteiger partial charge in [-0.05, 0) is 31.4 Å². The van der Waals surface area contributed by atoms with E-state index >= 15 is 0 Å². The number of nitrogens with zero attached hydrogens (tertiary/aromatic N) is 2. The van der Waals surface area contributed by atoms with Crippen molar-refractivity contribution in [3.05, 3.63) is 53.1 Å². The summed E-state index contributed by atoms with van der Waals surface area (Å²) in [5.41, 5.74) is 0.518. The van der Waals surface area contributed by atoms with Crippen LogP contribution in [0.15, 0.2) is 34.9 Å². The third kappa shape index (κ3) is 4.82. The molecule has 0 bridgehead atoms. The minimum Gasteiger partial charge on any atom is -0.484 e. The van der Waals surface area contributed by atoms with Gasteiger partial charge in [0.1, 0.15) is 11.6 Å². The Morgan fingerprint density at radius 1 is 1.42 bits per heavy atom. The lowest BCUT2D eigenvalue weighted by atomic mass is 9.85. The number of aromatic nitrogens is 2. The van der Waals surface area contributed by atoms with Gasteiger partial charge in [0.05, 0.1) is 5.02 Å². The Labute approximate surface area is 155 Å². The van der Waals surface area contributed by atoms with Crippen molar-refractivity contribution in [2.45, 2.75) is 38.0 Å². The lowest BCUT2D eigenvalue weighted by Crippen LogP contribution is -2.28. The molecule has 1 aliphatic carbocycles. The van der Waals surface area contributed by atoms with Gasteiger partial charge in [-0.15, -0.1) is 10.2 Å². The van der Waals surface area contributed by atoms with Crippen LogP contribution >= 0.6 is 11.6 Å². The molecule has 2 aromatic rings. The van der Waals surface area contributed by atoms with E-state index in [1.807, 2.05) is 0 Å². The molecule has 1 aliphatic rings. The van der Waals surface area contributed by atoms with Gasteiger partial charge in [-0.2, -0.15) is 0 Å². The van der Waals surface area contributed by atoms with Crippen molar-refractivity contribution in [2.24, 2.45) is 0 Å². The van der Waals surface area contributed by atoms with Crippen LogP contribution in [-0.4, -0.2) is 22.7 Å². The van der Waals surface area contributed by atoms with Gasteiger partial charge in [-0.1, -0.05) is 24.6 Å². The van der Waals surface area contributed by atoms with Crippen molar-refractivity contribution in [1.29, 1.82) is 0 Å². The van der Waals surface area contributed by atoms with Crippen molar-refractivity contribution in [3.63, 3.8) is 0 Å². The predicted molar refractivity (Wildman–Crippen MR) is 93.4 cm³/mol. The quantitative estimate of drug-likeness (QED) is 0.755. The summed E-state index contributed by atoms with van der Waals surface area (Å²) in [6.07, 6.45) is 4.38. The molecule has 1 fully saturated rings. The number of carbonyl (C=O) groups is 1. The van der Waals surface area contributed by atoms with E-state index in [9.17, 15) is 9.18 Å². The largest absolute Gasteiger partial charge is 0.484 e. The molecule has 0 spiro atoms. The van der Waals surface area contributed by atoms with Crippen LogP contribution in [0, 0.1) is 5.82 Å². The molecule has 0 radical (unpaired) electrons. The lowest BCUT2D eigenvalue weighted by molar-refractivity contribution is -0.122. The molecule has 0 saturated heterocycles. The minimum atomic E-state index is -0.602. The maximum Gasteiger partial charge on any atom is 0.262 e. The number of ether oxygens (including phenoxy) is 1. The summed E-state index contributed by atoms with van der Waals surface area (Å²) >= 11 is 5.59. The highest BCUT2D eigenvalue weighted by molar-refractivity contribution is 6.30. The van der Waals surface area contributed by atoms with Gasteiger partial charge < -0.3 is 14.5 Å². The van der Waals surface area contributed by atoms with Gasteiger partial charge in [-0.25, -0.2) is 4.39 Å². The second-order valence-corrected chi connectivity index (χ2v) is 6.59. The van der Waals surface area contributed by atoms with Gasteiger partial charge in [-0.3, -0.25) is 4.79 Å². The average Bonchev–Trinajstić information content (AvgIpc) is 3.01. The number of benzene rings is 1. The Morgan fingerprint density at radius 3 is 2.92 bits per heavy atom. The van der Waals surface area contributed by atoms with Crippen molar-refractivity contribution in [1.82, 2.24) is 15.5 Å². The summed E-state index contributed by atoms with van der Waals surface area (Å²) in [6, 6.07) is 3.98. The number of halogens is 2. The lowest BCUT2D eigenvalue weighted by Gasteiger charge is -2.20. The summed E-state index contributed by atoms with van der Waals surface area (Å²) in [4.78, 5) is 11.9. The van der Waals surface area contributed by atoms with Crippen LogP contribution in [0.3, 0.4) is 0 Å². The number of aryl methyl sites for hydroxylation is 1. The summed E-state index contributed by atoms with van der Waals surface area (Å²) in [5.74, 6) is 0.872. The van der Waals surface area contributed by atoms with Gasteiger partial charge in [0.15, 0.2) is 6.61 Å². The summed E-state index contributed by atoms with van der Waals surface area (Å²) in [6.45, 7) is 3.55. The zero-order chi connectivity index (χ0) is 18.5. The maximum atomic E-state index is 13.3. The Morgan fingerprint density at radius 2 is 2.23 bits per heavy atom. The van der Waals surface area contributed by atoms with E-state index in [2.05, 4.69) is 22.1 Å². The Bertz CT molecular complexity index is 805. The van der Waals surface area contributed by atoms with E-state index in [-0.39, 0.29) is 23.3 Å². The van der Waals surface area contributed by atoms with E-state index in [0.717, 1.165) is 18.9 Å². The van der Waals surface area contributed by atoms with Gasteiger partial charge in [0, 0.05) is 24.1 Å². The minimum absolute atomic E-state index is 0.00308. The van der Waals surface area contributed by atoms with E-state index < -0.39 is 5.82 Å². The first-order valence-corrected chi connectivity index (χ1v) is 8.77. The fourth-order valence-electron chi connectivity index (χ4n) is 2.46. The van der Waals surface area contributed by atoms with E-state index in [1.54, 1.807) is 0 Å². The summed E-state index contributed by atoms with van der Waals surface area (Å²) in [7, 11) is 0. The van der Waals surface area contributed by atoms with Crippen molar-refractivity contribution in [2.75, 3.05) is 6.61 Å². The fraction of sp³-hybridized carbons (Fsp3) is 0.389. The van der Waals surface area contributed by atoms with Gasteiger partial charge >= 0.3 is 0 Å². The highest BCUT2D eigenvalue weighted by Crippen LogP contribution is 2.35. The number of allylic oxidation sites excluding steroid dienone is 1. The second kappa shape index (κ2) is 8.31. The zero-order valence-corrected chi connectivity index (χ0v) is 14.9. The van der Waals surface area contributed by atoms with Crippen LogP contribution in [0.25, 0.3) is 0 Å². The normalized spacial score (nSPS) is 13.9. The number of hydrogen-bond donors (Lipinski definition) is 1. The highest BCUT2D eigenvalue weighted by Gasteiger charge is 2.25. The molecule has 1 aromatic heterocycles. The summed E-state index contributed by atoms with van der Waals surface area (Å²) < 4.78 is 24.2. The Balaban J connectivity index is 1.39. The molecule has 0 unspecified atom stereocenters. The van der Waals surface area contributed by atoms with E-state index in [0.29, 0.717) is 36.2 Å². The molecule has 8 heteroatoms. The smallest absolute Gasteiger partial charge is 0.262 e. The first kappa shape index (κ1) is 18.4. The number of nitrogens with one attached hydrogen (secondary N) is 1. The first-order valence-electron chi connectivity index (χ1n) is 8.39. The fourth-order valence-corrected chi connectivity index (χ4v) is 2.57. The van der Waals surface area contributed by atoms with Crippen LogP contribution in [-0.2, 0) is 11.2 Å². The van der Waals surface area contributed by atoms with Crippen LogP contribution in [0.1, 0.15) is 43.4 Å². The maximum absolute atomic E-state index is 13.3. The van der Waals surface area contributed by atoms with Crippen LogP contribution < -0.4 is 10.1 Å². The number of amides is 1. The Hall–Kier alpha value is -2.41. The molecular weight excluding hydrogens is 361 g/mol. The van der Waals surface area contributed by atoms with Crippen molar-refractivity contribution in [3.8, 4) is 5.75 Å². The van der Waals surface area contributed by atoms with Crippen LogP contribution in [0.5, 0.6) is 5.75 Å². The molecule has 0 atom stereocenters. The molecule has 1 saturated carbocycles.